The summed E-state index contributed by atoms with van der Waals surface area (Å²) in [5, 5.41) is 15.0. The maximum absolute atomic E-state index is 13.2. The Bertz CT molecular complexity index is 1290. The number of hydrogen-bond acceptors (Lipinski definition) is 4. The molecule has 0 saturated heterocycles. The van der Waals surface area contributed by atoms with Crippen LogP contribution in [0.2, 0.25) is 0 Å². The van der Waals surface area contributed by atoms with E-state index in [1.165, 1.54) is 30.5 Å². The van der Waals surface area contributed by atoms with Gasteiger partial charge < -0.3 is 24.4 Å². The van der Waals surface area contributed by atoms with Crippen molar-refractivity contribution in [2.75, 3.05) is 6.54 Å². The summed E-state index contributed by atoms with van der Waals surface area (Å²) < 4.78 is 43.6. The Balaban J connectivity index is 0.000000826. The molecule has 0 atom stereocenters. The molecule has 2 aliphatic rings. The molecular weight excluding hydrogens is 515 g/mol. The number of halogens is 3. The van der Waals surface area contributed by atoms with Crippen molar-refractivity contribution < 1.29 is 37.7 Å². The van der Waals surface area contributed by atoms with Gasteiger partial charge in [-0.3, -0.25) is 4.79 Å². The molecule has 8 nitrogen and oxygen atoms in total. The number of carboxylic acid groups (broad SMARTS) is 2. The second-order valence-electron chi connectivity index (χ2n) is 10.3. The first kappa shape index (κ1) is 28.3. The van der Waals surface area contributed by atoms with Crippen molar-refractivity contribution >= 4 is 23.1 Å². The molecule has 5 rings (SSSR count). The summed E-state index contributed by atoms with van der Waals surface area (Å²) in [7, 11) is 0. The predicted molar refractivity (Wildman–Crippen MR) is 137 cm³/mol. The van der Waals surface area contributed by atoms with Crippen molar-refractivity contribution in [1.82, 2.24) is 14.5 Å². The number of carbonyl (C=O) groups excluding carboxylic acids is 1. The van der Waals surface area contributed by atoms with Gasteiger partial charge in [-0.05, 0) is 66.5 Å². The third-order valence-electron chi connectivity index (χ3n) is 7.46. The summed E-state index contributed by atoms with van der Waals surface area (Å²) in [6, 6.07) is 9.90. The lowest BCUT2D eigenvalue weighted by Crippen LogP contribution is -2.37. The summed E-state index contributed by atoms with van der Waals surface area (Å²) in [4.78, 5) is 28.3. The number of amides is 1. The quantitative estimate of drug-likeness (QED) is 0.388. The van der Waals surface area contributed by atoms with Gasteiger partial charge in [-0.15, -0.1) is 13.2 Å². The van der Waals surface area contributed by atoms with Gasteiger partial charge in [-0.25, -0.2) is 9.78 Å². The molecule has 2 N–H and O–H groups in total. The monoisotopic (exact) mass is 547 g/mol. The molecule has 0 bridgehead atoms. The van der Waals surface area contributed by atoms with Crippen LogP contribution in [0, 0.1) is 11.8 Å². The van der Waals surface area contributed by atoms with Crippen LogP contribution in [0.5, 0.6) is 5.75 Å². The molecule has 0 spiro atoms. The number of ether oxygens (including phenoxy) is 1. The molecule has 1 aliphatic heterocycles. The summed E-state index contributed by atoms with van der Waals surface area (Å²) in [6.45, 7) is 3.97. The highest BCUT2D eigenvalue weighted by Gasteiger charge is 2.31. The highest BCUT2D eigenvalue weighted by Crippen LogP contribution is 2.34. The maximum Gasteiger partial charge on any atom is 0.573 e. The molecule has 3 aromatic rings. The number of pyridine rings is 1. The van der Waals surface area contributed by atoms with Crippen molar-refractivity contribution in [3.05, 3.63) is 59.4 Å². The first-order valence-corrected chi connectivity index (χ1v) is 13.0. The van der Waals surface area contributed by atoms with Crippen molar-refractivity contribution in [3.63, 3.8) is 0 Å². The average molecular weight is 548 g/mol. The third-order valence-corrected chi connectivity index (χ3v) is 7.46. The number of hydrogen-bond donors (Lipinski definition) is 2. The molecule has 0 radical (unpaired) electrons. The van der Waals surface area contributed by atoms with Gasteiger partial charge in [-0.2, -0.15) is 0 Å². The van der Waals surface area contributed by atoms with Crippen molar-refractivity contribution in [2.45, 2.75) is 64.9 Å². The molecule has 1 aliphatic carbocycles. The van der Waals surface area contributed by atoms with E-state index in [-0.39, 0.29) is 11.7 Å². The van der Waals surface area contributed by atoms with Crippen molar-refractivity contribution in [2.24, 2.45) is 11.8 Å². The maximum atomic E-state index is 13.2. The lowest BCUT2D eigenvalue weighted by Gasteiger charge is -2.31. The first-order chi connectivity index (χ1) is 18.5. The first-order valence-electron chi connectivity index (χ1n) is 13.0. The minimum atomic E-state index is -4.72. The molecule has 1 fully saturated rings. The number of aromatic nitrogens is 2. The zero-order valence-corrected chi connectivity index (χ0v) is 21.7. The van der Waals surface area contributed by atoms with E-state index in [4.69, 9.17) is 15.0 Å². The van der Waals surface area contributed by atoms with Gasteiger partial charge in [0.15, 0.2) is 0 Å². The minimum Gasteiger partial charge on any atom is -0.450 e. The lowest BCUT2D eigenvalue weighted by molar-refractivity contribution is -0.274. The van der Waals surface area contributed by atoms with E-state index in [0.29, 0.717) is 32.0 Å². The molecule has 3 heterocycles. The Hall–Kier alpha value is -3.76. The second-order valence-corrected chi connectivity index (χ2v) is 10.3. The Labute approximate surface area is 224 Å². The van der Waals surface area contributed by atoms with Crippen LogP contribution in [-0.2, 0) is 24.3 Å². The standard InChI is InChI=1S/C27H30F3N3O2.CH2O3/c1-18-4-6-19(7-5-18)15-25(34)32-14-12-22-23-3-2-13-31-26(23)33(24(22)17-32)16-20-8-10-21(11-9-20)35-27(28,29)30;2-1(3)4/h2-3,8-11,13,18-19H,4-7,12,14-17H2,1H3;(H2,2,3,4). The second kappa shape index (κ2) is 12.0. The highest BCUT2D eigenvalue weighted by molar-refractivity contribution is 5.84. The SMILES string of the molecule is CC1CCC(CC(=O)N2CCc3c(n(Cc4ccc(OC(F)(F)F)cc4)c4ncccc34)C2)CC1.O=C(O)O. The fourth-order valence-corrected chi connectivity index (χ4v) is 5.53. The summed E-state index contributed by atoms with van der Waals surface area (Å²) >= 11 is 0. The van der Waals surface area contributed by atoms with Crippen LogP contribution >= 0.6 is 0 Å². The van der Waals surface area contributed by atoms with Crippen LogP contribution in [0.3, 0.4) is 0 Å². The van der Waals surface area contributed by atoms with Gasteiger partial charge in [0.1, 0.15) is 11.4 Å². The molecule has 0 unspecified atom stereocenters. The number of fused-ring (bicyclic) bond motifs is 3. The molecular formula is C28H32F3N3O5. The van der Waals surface area contributed by atoms with Crippen LogP contribution in [0.1, 0.15) is 55.8 Å². The molecule has 1 aromatic carbocycles. The Morgan fingerprint density at radius 1 is 1.08 bits per heavy atom. The van der Waals surface area contributed by atoms with Gasteiger partial charge in [0.05, 0.1) is 6.54 Å². The number of carbonyl (C=O) groups is 2. The van der Waals surface area contributed by atoms with Crippen LogP contribution in [0.25, 0.3) is 11.0 Å². The number of benzene rings is 1. The summed E-state index contributed by atoms with van der Waals surface area (Å²) in [5.41, 5.74) is 3.94. The van der Waals surface area contributed by atoms with E-state index < -0.39 is 12.5 Å². The number of nitrogens with zero attached hydrogens (tertiary/aromatic N) is 3. The third kappa shape index (κ3) is 7.42. The largest absolute Gasteiger partial charge is 0.573 e. The van der Waals surface area contributed by atoms with Crippen LogP contribution in [0.4, 0.5) is 18.0 Å². The van der Waals surface area contributed by atoms with Gasteiger partial charge in [0.25, 0.3) is 0 Å². The molecule has 39 heavy (non-hydrogen) atoms. The summed E-state index contributed by atoms with van der Waals surface area (Å²) in [6.07, 6.45) is 1.25. The lowest BCUT2D eigenvalue weighted by atomic mass is 9.81. The predicted octanol–water partition coefficient (Wildman–Crippen LogP) is 6.31. The van der Waals surface area contributed by atoms with Crippen molar-refractivity contribution in [1.29, 1.82) is 0 Å². The topological polar surface area (TPSA) is 105 Å². The Kier molecular flexibility index (Phi) is 8.66. The zero-order chi connectivity index (χ0) is 28.2. The molecule has 2 aromatic heterocycles. The minimum absolute atomic E-state index is 0.216. The number of rotatable bonds is 5. The number of alkyl halides is 3. The Morgan fingerprint density at radius 2 is 1.74 bits per heavy atom. The van der Waals surface area contributed by atoms with E-state index in [1.54, 1.807) is 18.3 Å². The molecule has 1 saturated carbocycles. The van der Waals surface area contributed by atoms with Crippen LogP contribution < -0.4 is 4.74 Å². The van der Waals surface area contributed by atoms with Crippen LogP contribution in [0.15, 0.2) is 42.6 Å². The smallest absolute Gasteiger partial charge is 0.450 e. The van der Waals surface area contributed by atoms with E-state index in [9.17, 15) is 18.0 Å². The fraction of sp³-hybridized carbons (Fsp3) is 0.464. The fourth-order valence-electron chi connectivity index (χ4n) is 5.53. The van der Waals surface area contributed by atoms with Crippen LogP contribution in [-0.4, -0.2) is 49.6 Å². The van der Waals surface area contributed by atoms with E-state index >= 15 is 0 Å². The highest BCUT2D eigenvalue weighted by atomic mass is 19.4. The van der Waals surface area contributed by atoms with Gasteiger partial charge in [-0.1, -0.05) is 31.9 Å². The molecule has 1 amide bonds. The average Bonchev–Trinajstić information content (AvgIpc) is 3.18. The summed E-state index contributed by atoms with van der Waals surface area (Å²) in [5.74, 6) is 1.21. The Morgan fingerprint density at radius 3 is 2.38 bits per heavy atom. The zero-order valence-electron chi connectivity index (χ0n) is 21.7. The van der Waals surface area contributed by atoms with E-state index in [0.717, 1.165) is 47.5 Å². The van der Waals surface area contributed by atoms with Gasteiger partial charge >= 0.3 is 12.5 Å². The van der Waals surface area contributed by atoms with Gasteiger partial charge in [0, 0.05) is 36.8 Å². The molecule has 210 valence electrons. The van der Waals surface area contributed by atoms with Gasteiger partial charge in [0.2, 0.25) is 5.91 Å². The van der Waals surface area contributed by atoms with Crippen molar-refractivity contribution in [3.8, 4) is 5.75 Å². The molecule has 11 heteroatoms. The van der Waals surface area contributed by atoms with E-state index in [1.807, 2.05) is 11.0 Å². The van der Waals surface area contributed by atoms with E-state index in [2.05, 4.69) is 27.3 Å². The normalized spacial score (nSPS) is 19.1.